The van der Waals surface area contributed by atoms with E-state index in [-0.39, 0.29) is 23.0 Å². The first-order valence-electron chi connectivity index (χ1n) is 13.1. The molecular weight excluding hydrogens is 517 g/mol. The number of halogens is 1. The van der Waals surface area contributed by atoms with Gasteiger partial charge in [-0.1, -0.05) is 62.7 Å². The third-order valence-corrected chi connectivity index (χ3v) is 8.33. The minimum absolute atomic E-state index is 0.00284. The van der Waals surface area contributed by atoms with Crippen molar-refractivity contribution < 1.29 is 22.4 Å². The van der Waals surface area contributed by atoms with E-state index in [0.717, 1.165) is 40.4 Å². The predicted octanol–water partition coefficient (Wildman–Crippen LogP) is 5.05. The number of sulfonamides is 1. The normalized spacial score (nSPS) is 12.0. The first-order valence-corrected chi connectivity index (χ1v) is 14.6. The van der Waals surface area contributed by atoms with Crippen molar-refractivity contribution in [1.29, 1.82) is 0 Å². The van der Waals surface area contributed by atoms with Crippen LogP contribution in [0.4, 0.5) is 10.1 Å². The lowest BCUT2D eigenvalue weighted by atomic mass is 10.1. The number of hydrogen-bond donors (Lipinski definition) is 1. The molecule has 0 fully saturated rings. The molecule has 39 heavy (non-hydrogen) atoms. The van der Waals surface area contributed by atoms with Crippen molar-refractivity contribution in [3.8, 4) is 0 Å². The van der Waals surface area contributed by atoms with Gasteiger partial charge in [-0.3, -0.25) is 13.9 Å². The summed E-state index contributed by atoms with van der Waals surface area (Å²) in [5, 5.41) is 2.91. The molecule has 0 aromatic heterocycles. The molecule has 0 bridgehead atoms. The summed E-state index contributed by atoms with van der Waals surface area (Å²) in [6.07, 6.45) is 2.06. The Morgan fingerprint density at radius 3 is 2.18 bits per heavy atom. The molecule has 9 heteroatoms. The van der Waals surface area contributed by atoms with Crippen molar-refractivity contribution >= 4 is 27.5 Å². The Balaban J connectivity index is 2.02. The van der Waals surface area contributed by atoms with Crippen molar-refractivity contribution in [3.63, 3.8) is 0 Å². The van der Waals surface area contributed by atoms with Crippen LogP contribution in [0.3, 0.4) is 0 Å². The zero-order valence-corrected chi connectivity index (χ0v) is 23.5. The van der Waals surface area contributed by atoms with Crippen LogP contribution in [-0.4, -0.2) is 44.3 Å². The SMILES string of the molecule is CCCCNC(=O)[C@@H](CC)N(Cc1ccccc1C)C(=O)CN(c1ccc(F)cc1)S(=O)(=O)c1ccccc1. The highest BCUT2D eigenvalue weighted by Gasteiger charge is 2.33. The van der Waals surface area contributed by atoms with E-state index in [1.165, 1.54) is 29.2 Å². The Hall–Kier alpha value is -3.72. The summed E-state index contributed by atoms with van der Waals surface area (Å²) in [5.74, 6) is -1.36. The van der Waals surface area contributed by atoms with E-state index < -0.39 is 34.3 Å². The predicted molar refractivity (Wildman–Crippen MR) is 151 cm³/mol. The monoisotopic (exact) mass is 553 g/mol. The molecule has 1 N–H and O–H groups in total. The van der Waals surface area contributed by atoms with Gasteiger partial charge < -0.3 is 10.2 Å². The number of amides is 2. The second-order valence-corrected chi connectivity index (χ2v) is 11.2. The van der Waals surface area contributed by atoms with E-state index in [0.29, 0.717) is 13.0 Å². The Morgan fingerprint density at radius 1 is 0.923 bits per heavy atom. The van der Waals surface area contributed by atoms with E-state index in [1.807, 2.05) is 45.0 Å². The molecule has 0 spiro atoms. The van der Waals surface area contributed by atoms with E-state index in [4.69, 9.17) is 0 Å². The fourth-order valence-electron chi connectivity index (χ4n) is 4.25. The van der Waals surface area contributed by atoms with Crippen LogP contribution in [0, 0.1) is 12.7 Å². The maximum Gasteiger partial charge on any atom is 0.264 e. The maximum absolute atomic E-state index is 14.0. The summed E-state index contributed by atoms with van der Waals surface area (Å²) in [6, 6.07) is 19.5. The average Bonchev–Trinajstić information content (AvgIpc) is 2.93. The molecule has 0 heterocycles. The summed E-state index contributed by atoms with van der Waals surface area (Å²) in [6.45, 7) is 5.82. The molecule has 3 aromatic rings. The summed E-state index contributed by atoms with van der Waals surface area (Å²) < 4.78 is 42.1. The highest BCUT2D eigenvalue weighted by atomic mass is 32.2. The van der Waals surface area contributed by atoms with Crippen molar-refractivity contribution in [2.24, 2.45) is 0 Å². The van der Waals surface area contributed by atoms with Crippen LogP contribution < -0.4 is 9.62 Å². The van der Waals surface area contributed by atoms with Crippen molar-refractivity contribution in [3.05, 3.63) is 95.8 Å². The highest BCUT2D eigenvalue weighted by Crippen LogP contribution is 2.25. The molecule has 0 saturated carbocycles. The van der Waals surface area contributed by atoms with Crippen LogP contribution in [-0.2, 0) is 26.2 Å². The van der Waals surface area contributed by atoms with Crippen molar-refractivity contribution in [2.75, 3.05) is 17.4 Å². The lowest BCUT2D eigenvalue weighted by Gasteiger charge is -2.33. The van der Waals surface area contributed by atoms with Gasteiger partial charge in [0.15, 0.2) is 0 Å². The van der Waals surface area contributed by atoms with Gasteiger partial charge in [0, 0.05) is 13.1 Å². The lowest BCUT2D eigenvalue weighted by Crippen LogP contribution is -2.52. The molecule has 2 amide bonds. The van der Waals surface area contributed by atoms with Gasteiger partial charge in [0.05, 0.1) is 10.6 Å². The average molecular weight is 554 g/mol. The molecule has 0 unspecified atom stereocenters. The number of benzene rings is 3. The largest absolute Gasteiger partial charge is 0.354 e. The maximum atomic E-state index is 14.0. The Labute approximate surface area is 230 Å². The van der Waals surface area contributed by atoms with E-state index in [2.05, 4.69) is 5.32 Å². The third-order valence-electron chi connectivity index (χ3n) is 6.54. The Morgan fingerprint density at radius 2 is 1.56 bits per heavy atom. The molecule has 0 aliphatic rings. The molecule has 3 rings (SSSR count). The number of hydrogen-bond acceptors (Lipinski definition) is 4. The van der Waals surface area contributed by atoms with Crippen molar-refractivity contribution in [1.82, 2.24) is 10.2 Å². The summed E-state index contributed by atoms with van der Waals surface area (Å²) in [7, 11) is -4.18. The molecule has 0 saturated heterocycles. The summed E-state index contributed by atoms with van der Waals surface area (Å²) in [5.41, 5.74) is 1.94. The molecule has 0 aliphatic carbocycles. The molecular formula is C30H36FN3O4S. The van der Waals surface area contributed by atoms with Crippen LogP contribution in [0.2, 0.25) is 0 Å². The number of aryl methyl sites for hydroxylation is 1. The van der Waals surface area contributed by atoms with Gasteiger partial charge in [0.1, 0.15) is 18.4 Å². The van der Waals surface area contributed by atoms with Crippen LogP contribution in [0.1, 0.15) is 44.2 Å². The number of unbranched alkanes of at least 4 members (excludes halogenated alkanes) is 1. The number of anilines is 1. The number of nitrogens with zero attached hydrogens (tertiary/aromatic N) is 2. The van der Waals surface area contributed by atoms with Crippen molar-refractivity contribution in [2.45, 2.75) is 57.5 Å². The van der Waals surface area contributed by atoms with Crippen LogP contribution >= 0.6 is 0 Å². The van der Waals surface area contributed by atoms with E-state index in [9.17, 15) is 22.4 Å². The van der Waals surface area contributed by atoms with Gasteiger partial charge in [0.25, 0.3) is 10.0 Å². The Kier molecular flexibility index (Phi) is 10.6. The zero-order valence-electron chi connectivity index (χ0n) is 22.6. The summed E-state index contributed by atoms with van der Waals surface area (Å²) >= 11 is 0. The molecule has 7 nitrogen and oxygen atoms in total. The van der Waals surface area contributed by atoms with Gasteiger partial charge in [0.2, 0.25) is 11.8 Å². The second-order valence-electron chi connectivity index (χ2n) is 9.32. The van der Waals surface area contributed by atoms with Gasteiger partial charge in [-0.15, -0.1) is 0 Å². The third kappa shape index (κ3) is 7.66. The number of carbonyl (C=O) groups excluding carboxylic acids is 2. The fourth-order valence-corrected chi connectivity index (χ4v) is 5.69. The molecule has 0 aliphatic heterocycles. The van der Waals surface area contributed by atoms with Gasteiger partial charge in [-0.25, -0.2) is 12.8 Å². The van der Waals surface area contributed by atoms with E-state index in [1.54, 1.807) is 18.2 Å². The van der Waals surface area contributed by atoms with Crippen LogP contribution in [0.5, 0.6) is 0 Å². The molecule has 208 valence electrons. The molecule has 0 radical (unpaired) electrons. The van der Waals surface area contributed by atoms with Crippen LogP contribution in [0.25, 0.3) is 0 Å². The minimum atomic E-state index is -4.18. The van der Waals surface area contributed by atoms with Gasteiger partial charge >= 0.3 is 0 Å². The quantitative estimate of drug-likeness (QED) is 0.300. The fraction of sp³-hybridized carbons (Fsp3) is 0.333. The smallest absolute Gasteiger partial charge is 0.264 e. The van der Waals surface area contributed by atoms with E-state index >= 15 is 0 Å². The Bertz CT molecular complexity index is 1350. The second kappa shape index (κ2) is 13.9. The highest BCUT2D eigenvalue weighted by molar-refractivity contribution is 7.92. The first-order chi connectivity index (χ1) is 18.7. The summed E-state index contributed by atoms with van der Waals surface area (Å²) in [4.78, 5) is 28.6. The molecule has 1 atom stereocenters. The number of rotatable bonds is 13. The lowest BCUT2D eigenvalue weighted by molar-refractivity contribution is -0.140. The molecule has 3 aromatic carbocycles. The van der Waals surface area contributed by atoms with Gasteiger partial charge in [-0.05, 0) is 67.3 Å². The topological polar surface area (TPSA) is 86.8 Å². The minimum Gasteiger partial charge on any atom is -0.354 e. The number of nitrogens with one attached hydrogen (secondary N) is 1. The standard InChI is InChI=1S/C30H36FN3O4S/c1-4-6-20-32-30(36)28(5-2)33(21-24-13-11-10-12-23(24)3)29(35)22-34(26-18-16-25(31)17-19-26)39(37,38)27-14-8-7-9-15-27/h7-19,28H,4-6,20-22H2,1-3H3,(H,32,36)/t28-/m1/s1. The first kappa shape index (κ1) is 29.8. The zero-order chi connectivity index (χ0) is 28.4. The van der Waals surface area contributed by atoms with Crippen LogP contribution in [0.15, 0.2) is 83.8 Å². The number of carbonyl (C=O) groups is 2. The van der Waals surface area contributed by atoms with Gasteiger partial charge in [-0.2, -0.15) is 0 Å².